The average Bonchev–Trinajstić information content (AvgIpc) is 3.10. The van der Waals surface area contributed by atoms with Gasteiger partial charge >= 0.3 is 6.09 Å². The van der Waals surface area contributed by atoms with Crippen LogP contribution in [0.5, 0.6) is 0 Å². The van der Waals surface area contributed by atoms with Gasteiger partial charge in [0.1, 0.15) is 11.4 Å². The summed E-state index contributed by atoms with van der Waals surface area (Å²) in [5.41, 5.74) is -0.519. The molecule has 1 saturated heterocycles. The van der Waals surface area contributed by atoms with Gasteiger partial charge in [-0.3, -0.25) is 5.01 Å². The zero-order valence-corrected chi connectivity index (χ0v) is 16.2. The van der Waals surface area contributed by atoms with Crippen LogP contribution in [0, 0.1) is 0 Å². The Morgan fingerprint density at radius 1 is 1.19 bits per heavy atom. The van der Waals surface area contributed by atoms with Gasteiger partial charge in [0.15, 0.2) is 5.82 Å². The summed E-state index contributed by atoms with van der Waals surface area (Å²) in [6.07, 6.45) is 2.29. The molecule has 1 fully saturated rings. The third-order valence-electron chi connectivity index (χ3n) is 3.70. The molecule has 138 valence electrons. The van der Waals surface area contributed by atoms with Crippen molar-refractivity contribution in [3.63, 3.8) is 0 Å². The third kappa shape index (κ3) is 4.88. The molecule has 1 aromatic heterocycles. The molecule has 1 amide bonds. The number of nitrogens with zero attached hydrogens (tertiary/aromatic N) is 4. The van der Waals surface area contributed by atoms with Crippen molar-refractivity contribution >= 4 is 23.7 Å². The minimum Gasteiger partial charge on any atom is -0.442 e. The maximum absolute atomic E-state index is 12.5. The van der Waals surface area contributed by atoms with E-state index in [1.807, 2.05) is 50.0 Å². The molecule has 1 aliphatic heterocycles. The van der Waals surface area contributed by atoms with E-state index in [0.29, 0.717) is 12.3 Å². The summed E-state index contributed by atoms with van der Waals surface area (Å²) in [5, 5.41) is 3.51. The summed E-state index contributed by atoms with van der Waals surface area (Å²) in [6, 6.07) is 12.0. The Labute approximate surface area is 158 Å². The second kappa shape index (κ2) is 7.95. The fourth-order valence-electron chi connectivity index (χ4n) is 2.62. The van der Waals surface area contributed by atoms with Crippen LogP contribution in [-0.4, -0.2) is 39.8 Å². The number of hydrazine groups is 1. The normalized spacial score (nSPS) is 14.6. The number of hydrogen-bond acceptors (Lipinski definition) is 6. The second-order valence-corrected chi connectivity index (χ2v) is 8.06. The van der Waals surface area contributed by atoms with Gasteiger partial charge < -0.3 is 4.74 Å². The van der Waals surface area contributed by atoms with E-state index < -0.39 is 5.60 Å². The van der Waals surface area contributed by atoms with Crippen LogP contribution >= 0.6 is 11.8 Å². The number of aromatic nitrogens is 2. The highest BCUT2D eigenvalue weighted by Gasteiger charge is 2.31. The van der Waals surface area contributed by atoms with E-state index in [2.05, 4.69) is 22.1 Å². The Balaban J connectivity index is 1.69. The predicted molar refractivity (Wildman–Crippen MR) is 103 cm³/mol. The number of ether oxygens (including phenoxy) is 1. The van der Waals surface area contributed by atoms with Crippen LogP contribution in [0.1, 0.15) is 33.0 Å². The van der Waals surface area contributed by atoms with Gasteiger partial charge in [-0.05, 0) is 39.3 Å². The van der Waals surface area contributed by atoms with Crippen molar-refractivity contribution in [2.24, 2.45) is 0 Å². The molecule has 2 aromatic rings. The number of hydrogen-bond donors (Lipinski definition) is 0. The highest BCUT2D eigenvalue weighted by Crippen LogP contribution is 2.24. The highest BCUT2D eigenvalue weighted by molar-refractivity contribution is 7.98. The smallest absolute Gasteiger partial charge is 0.429 e. The van der Waals surface area contributed by atoms with Gasteiger partial charge in [-0.25, -0.2) is 19.8 Å². The van der Waals surface area contributed by atoms with Crippen molar-refractivity contribution in [1.29, 1.82) is 0 Å². The van der Waals surface area contributed by atoms with E-state index in [9.17, 15) is 4.79 Å². The number of carbonyl (C=O) groups is 1. The molecule has 0 aliphatic carbocycles. The molecule has 7 heteroatoms. The number of thioether (sulfide) groups is 1. The minimum atomic E-state index is -0.519. The largest absolute Gasteiger partial charge is 0.442 e. The summed E-state index contributed by atoms with van der Waals surface area (Å²) in [6.45, 7) is 6.98. The molecule has 0 N–H and O–H groups in total. The first kappa shape index (κ1) is 18.5. The summed E-state index contributed by atoms with van der Waals surface area (Å²) in [5.74, 6) is 2.15. The Bertz CT molecular complexity index is 749. The monoisotopic (exact) mass is 372 g/mol. The van der Waals surface area contributed by atoms with Gasteiger partial charge in [0.05, 0.1) is 5.75 Å². The first-order chi connectivity index (χ1) is 12.4. The molecule has 0 radical (unpaired) electrons. The first-order valence-corrected chi connectivity index (χ1v) is 9.69. The molecule has 0 saturated carbocycles. The van der Waals surface area contributed by atoms with Crippen molar-refractivity contribution in [2.45, 2.75) is 43.4 Å². The minimum absolute atomic E-state index is 0.339. The van der Waals surface area contributed by atoms with Gasteiger partial charge in [-0.15, -0.1) is 11.8 Å². The van der Waals surface area contributed by atoms with Crippen LogP contribution in [0.2, 0.25) is 0 Å². The molecule has 0 spiro atoms. The standard InChI is InChI=1S/C19H24N4O2S/c1-19(2,3)25-18(24)23-13-7-12-22(23)17-10-11-20-16(21-17)14-26-15-8-5-4-6-9-15/h4-6,8-11H,7,12-14H2,1-3H3. The number of benzene rings is 1. The highest BCUT2D eigenvalue weighted by atomic mass is 32.2. The molecule has 2 heterocycles. The van der Waals surface area contributed by atoms with Gasteiger partial charge in [0, 0.05) is 30.2 Å². The SMILES string of the molecule is CC(C)(C)OC(=O)N1CCCN1c1ccnc(CSc2ccccc2)n1. The van der Waals surface area contributed by atoms with Crippen LogP contribution in [0.25, 0.3) is 0 Å². The van der Waals surface area contributed by atoms with E-state index in [4.69, 9.17) is 4.74 Å². The van der Waals surface area contributed by atoms with Crippen LogP contribution in [0.3, 0.4) is 0 Å². The summed E-state index contributed by atoms with van der Waals surface area (Å²) < 4.78 is 5.51. The molecule has 0 bridgehead atoms. The summed E-state index contributed by atoms with van der Waals surface area (Å²) in [4.78, 5) is 22.6. The Morgan fingerprint density at radius 3 is 2.69 bits per heavy atom. The first-order valence-electron chi connectivity index (χ1n) is 8.70. The number of carbonyl (C=O) groups excluding carboxylic acids is 1. The molecule has 6 nitrogen and oxygen atoms in total. The zero-order chi connectivity index (χ0) is 18.6. The molecular weight excluding hydrogens is 348 g/mol. The van der Waals surface area contributed by atoms with Crippen LogP contribution < -0.4 is 5.01 Å². The van der Waals surface area contributed by atoms with Crippen molar-refractivity contribution < 1.29 is 9.53 Å². The van der Waals surface area contributed by atoms with Crippen molar-refractivity contribution in [3.8, 4) is 0 Å². The Kier molecular flexibility index (Phi) is 5.66. The van der Waals surface area contributed by atoms with Crippen molar-refractivity contribution in [2.75, 3.05) is 18.1 Å². The van der Waals surface area contributed by atoms with Gasteiger partial charge in [0.25, 0.3) is 0 Å². The van der Waals surface area contributed by atoms with E-state index in [0.717, 1.165) is 24.6 Å². The third-order valence-corrected chi connectivity index (χ3v) is 4.71. The fraction of sp³-hybridized carbons (Fsp3) is 0.421. The summed E-state index contributed by atoms with van der Waals surface area (Å²) >= 11 is 1.69. The average molecular weight is 372 g/mol. The molecule has 0 unspecified atom stereocenters. The topological polar surface area (TPSA) is 58.6 Å². The lowest BCUT2D eigenvalue weighted by Gasteiger charge is -2.31. The van der Waals surface area contributed by atoms with Crippen LogP contribution in [0.4, 0.5) is 10.6 Å². The molecular formula is C19H24N4O2S. The second-order valence-electron chi connectivity index (χ2n) is 7.01. The van der Waals surface area contributed by atoms with Crippen molar-refractivity contribution in [3.05, 3.63) is 48.4 Å². The van der Waals surface area contributed by atoms with Crippen molar-refractivity contribution in [1.82, 2.24) is 15.0 Å². The van der Waals surface area contributed by atoms with E-state index in [1.54, 1.807) is 23.0 Å². The lowest BCUT2D eigenvalue weighted by molar-refractivity contribution is 0.0272. The van der Waals surface area contributed by atoms with Gasteiger partial charge in [-0.2, -0.15) is 0 Å². The predicted octanol–water partition coefficient (Wildman–Crippen LogP) is 4.13. The molecule has 3 rings (SSSR count). The number of rotatable bonds is 4. The van der Waals surface area contributed by atoms with E-state index in [-0.39, 0.29) is 6.09 Å². The maximum atomic E-state index is 12.5. The van der Waals surface area contributed by atoms with Crippen LogP contribution in [0.15, 0.2) is 47.5 Å². The number of anilines is 1. The lowest BCUT2D eigenvalue weighted by Crippen LogP contribution is -2.44. The molecule has 0 atom stereocenters. The zero-order valence-electron chi connectivity index (χ0n) is 15.4. The van der Waals surface area contributed by atoms with E-state index >= 15 is 0 Å². The maximum Gasteiger partial charge on any atom is 0.429 e. The molecule has 1 aliphatic rings. The van der Waals surface area contributed by atoms with Gasteiger partial charge in [0.2, 0.25) is 0 Å². The lowest BCUT2D eigenvalue weighted by atomic mass is 10.2. The number of amides is 1. The quantitative estimate of drug-likeness (QED) is 0.752. The molecule has 26 heavy (non-hydrogen) atoms. The Hall–Kier alpha value is -2.28. The Morgan fingerprint density at radius 2 is 1.96 bits per heavy atom. The molecule has 1 aromatic carbocycles. The fourth-order valence-corrected chi connectivity index (χ4v) is 3.41. The summed E-state index contributed by atoms with van der Waals surface area (Å²) in [7, 11) is 0. The van der Waals surface area contributed by atoms with Gasteiger partial charge in [-0.1, -0.05) is 18.2 Å². The van der Waals surface area contributed by atoms with E-state index in [1.165, 1.54) is 4.90 Å². The van der Waals surface area contributed by atoms with Crippen LogP contribution in [-0.2, 0) is 10.5 Å².